The molecular weight excluding hydrogens is 252 g/mol. The van der Waals surface area contributed by atoms with Crippen LogP contribution in [0.4, 0.5) is 5.82 Å². The van der Waals surface area contributed by atoms with Crippen LogP contribution in [0.5, 0.6) is 0 Å². The maximum absolute atomic E-state index is 12.1. The predicted molar refractivity (Wildman–Crippen MR) is 81.0 cm³/mol. The number of anilines is 1. The largest absolute Gasteiger partial charge is 0.370 e. The summed E-state index contributed by atoms with van der Waals surface area (Å²) < 4.78 is 0. The number of carbonyl (C=O) groups excluding carboxylic acids is 1. The van der Waals surface area contributed by atoms with Gasteiger partial charge in [0.15, 0.2) is 0 Å². The Balaban J connectivity index is 1.83. The molecule has 1 saturated heterocycles. The first-order valence-corrected chi connectivity index (χ1v) is 7.42. The molecule has 5 heteroatoms. The van der Waals surface area contributed by atoms with Crippen molar-refractivity contribution in [3.05, 3.63) is 23.9 Å². The number of amides is 1. The molecule has 1 aromatic rings. The molecule has 0 radical (unpaired) electrons. The van der Waals surface area contributed by atoms with E-state index in [1.807, 2.05) is 19.1 Å². The summed E-state index contributed by atoms with van der Waals surface area (Å²) in [7, 11) is 0. The third-order valence-electron chi connectivity index (χ3n) is 3.49. The van der Waals surface area contributed by atoms with Crippen LogP contribution in [-0.2, 0) is 0 Å². The molecule has 1 aromatic heterocycles. The van der Waals surface area contributed by atoms with E-state index < -0.39 is 0 Å². The second-order valence-corrected chi connectivity index (χ2v) is 5.34. The number of nitrogens with zero attached hydrogens (tertiary/aromatic N) is 2. The smallest absolute Gasteiger partial charge is 0.253 e. The zero-order valence-corrected chi connectivity index (χ0v) is 12.4. The quantitative estimate of drug-likeness (QED) is 0.831. The lowest BCUT2D eigenvalue weighted by Crippen LogP contribution is -2.41. The minimum atomic E-state index is -0.0488. The monoisotopic (exact) mass is 276 g/mol. The van der Waals surface area contributed by atoms with Gasteiger partial charge in [0.2, 0.25) is 0 Å². The van der Waals surface area contributed by atoms with E-state index in [1.54, 1.807) is 6.20 Å². The van der Waals surface area contributed by atoms with E-state index in [2.05, 4.69) is 27.4 Å². The first-order chi connectivity index (χ1) is 9.69. The molecular formula is C15H24N4O. The molecule has 1 aliphatic heterocycles. The number of likely N-dealkylation sites (tertiary alicyclic amines) is 1. The van der Waals surface area contributed by atoms with Crippen LogP contribution in [0.1, 0.15) is 37.0 Å². The van der Waals surface area contributed by atoms with Gasteiger partial charge in [0.05, 0.1) is 5.56 Å². The van der Waals surface area contributed by atoms with Gasteiger partial charge in [-0.3, -0.25) is 4.79 Å². The van der Waals surface area contributed by atoms with Gasteiger partial charge in [0.1, 0.15) is 5.82 Å². The van der Waals surface area contributed by atoms with E-state index in [4.69, 9.17) is 0 Å². The zero-order valence-electron chi connectivity index (χ0n) is 12.4. The Kier molecular flexibility index (Phi) is 5.35. The number of carbonyl (C=O) groups is 1. The van der Waals surface area contributed by atoms with E-state index in [0.29, 0.717) is 5.56 Å². The minimum Gasteiger partial charge on any atom is -0.370 e. The molecule has 0 bridgehead atoms. The van der Waals surface area contributed by atoms with Crippen molar-refractivity contribution in [2.45, 2.75) is 32.7 Å². The number of aromatic nitrogens is 1. The molecule has 20 heavy (non-hydrogen) atoms. The van der Waals surface area contributed by atoms with Crippen molar-refractivity contribution in [1.29, 1.82) is 0 Å². The lowest BCUT2D eigenvalue weighted by Gasteiger charge is -2.21. The molecule has 0 saturated carbocycles. The Bertz CT molecular complexity index is 426. The topological polar surface area (TPSA) is 57.3 Å². The van der Waals surface area contributed by atoms with Crippen molar-refractivity contribution in [2.75, 3.05) is 31.5 Å². The molecule has 1 fully saturated rings. The first kappa shape index (κ1) is 14.8. The Morgan fingerprint density at radius 2 is 2.15 bits per heavy atom. The predicted octanol–water partition coefficient (Wildman–Crippen LogP) is 1.73. The van der Waals surface area contributed by atoms with Gasteiger partial charge in [-0.25, -0.2) is 4.98 Å². The molecule has 2 heterocycles. The van der Waals surface area contributed by atoms with Crippen LogP contribution in [0.3, 0.4) is 0 Å². The minimum absolute atomic E-state index is 0.0488. The van der Waals surface area contributed by atoms with E-state index in [0.717, 1.165) is 32.0 Å². The molecule has 0 spiro atoms. The Hall–Kier alpha value is -1.62. The van der Waals surface area contributed by atoms with Gasteiger partial charge in [0, 0.05) is 25.3 Å². The van der Waals surface area contributed by atoms with Gasteiger partial charge >= 0.3 is 0 Å². The summed E-state index contributed by atoms with van der Waals surface area (Å²) in [6.45, 7) is 8.12. The maximum Gasteiger partial charge on any atom is 0.253 e. The number of pyridine rings is 1. The van der Waals surface area contributed by atoms with Crippen molar-refractivity contribution in [3.8, 4) is 0 Å². The summed E-state index contributed by atoms with van der Waals surface area (Å²) in [5.41, 5.74) is 0.611. The fourth-order valence-corrected chi connectivity index (χ4v) is 2.52. The molecule has 5 nitrogen and oxygen atoms in total. The highest BCUT2D eigenvalue weighted by molar-refractivity contribution is 5.94. The molecule has 1 aliphatic rings. The molecule has 2 rings (SSSR count). The standard InChI is InChI=1S/C15H24N4O/c1-3-16-14-7-6-13(10-17-14)15(20)18-12(2)11-19-8-4-5-9-19/h6-7,10,12H,3-5,8-9,11H2,1-2H3,(H,16,17)(H,18,20). The summed E-state index contributed by atoms with van der Waals surface area (Å²) in [5, 5.41) is 6.15. The maximum atomic E-state index is 12.1. The van der Waals surface area contributed by atoms with Crippen LogP contribution in [0.2, 0.25) is 0 Å². The summed E-state index contributed by atoms with van der Waals surface area (Å²) in [6.07, 6.45) is 4.17. The van der Waals surface area contributed by atoms with Crippen LogP contribution in [0.25, 0.3) is 0 Å². The fourth-order valence-electron chi connectivity index (χ4n) is 2.52. The lowest BCUT2D eigenvalue weighted by atomic mass is 10.2. The van der Waals surface area contributed by atoms with Crippen molar-refractivity contribution in [1.82, 2.24) is 15.2 Å². The molecule has 1 unspecified atom stereocenters. The third-order valence-corrected chi connectivity index (χ3v) is 3.49. The normalized spacial score (nSPS) is 16.9. The molecule has 2 N–H and O–H groups in total. The highest BCUT2D eigenvalue weighted by Crippen LogP contribution is 2.08. The highest BCUT2D eigenvalue weighted by Gasteiger charge is 2.16. The fraction of sp³-hybridized carbons (Fsp3) is 0.600. The van der Waals surface area contributed by atoms with E-state index in [1.165, 1.54) is 12.8 Å². The number of nitrogens with one attached hydrogen (secondary N) is 2. The van der Waals surface area contributed by atoms with Crippen molar-refractivity contribution in [2.24, 2.45) is 0 Å². The van der Waals surface area contributed by atoms with Crippen LogP contribution < -0.4 is 10.6 Å². The average molecular weight is 276 g/mol. The molecule has 1 atom stereocenters. The SMILES string of the molecule is CCNc1ccc(C(=O)NC(C)CN2CCCC2)cn1. The van der Waals surface area contributed by atoms with Gasteiger partial charge in [-0.05, 0) is 51.9 Å². The third kappa shape index (κ3) is 4.20. The zero-order chi connectivity index (χ0) is 14.4. The second kappa shape index (κ2) is 7.24. The van der Waals surface area contributed by atoms with E-state index in [-0.39, 0.29) is 11.9 Å². The van der Waals surface area contributed by atoms with Gasteiger partial charge in [0.25, 0.3) is 5.91 Å². The van der Waals surface area contributed by atoms with Crippen molar-refractivity contribution >= 4 is 11.7 Å². The average Bonchev–Trinajstić information content (AvgIpc) is 2.92. The van der Waals surface area contributed by atoms with Crippen LogP contribution in [0.15, 0.2) is 18.3 Å². The summed E-state index contributed by atoms with van der Waals surface area (Å²) in [6, 6.07) is 3.81. The van der Waals surface area contributed by atoms with E-state index in [9.17, 15) is 4.79 Å². The molecule has 110 valence electrons. The highest BCUT2D eigenvalue weighted by atomic mass is 16.1. The summed E-state index contributed by atoms with van der Waals surface area (Å²) in [4.78, 5) is 18.7. The summed E-state index contributed by atoms with van der Waals surface area (Å²) in [5.74, 6) is 0.751. The first-order valence-electron chi connectivity index (χ1n) is 7.42. The van der Waals surface area contributed by atoms with Gasteiger partial charge < -0.3 is 15.5 Å². The Morgan fingerprint density at radius 1 is 1.40 bits per heavy atom. The summed E-state index contributed by atoms with van der Waals surface area (Å²) >= 11 is 0. The lowest BCUT2D eigenvalue weighted by molar-refractivity contribution is 0.0931. The number of rotatable bonds is 6. The molecule has 1 amide bonds. The second-order valence-electron chi connectivity index (χ2n) is 5.34. The van der Waals surface area contributed by atoms with Gasteiger partial charge in [-0.1, -0.05) is 0 Å². The Labute approximate surface area is 120 Å². The van der Waals surface area contributed by atoms with E-state index >= 15 is 0 Å². The van der Waals surface area contributed by atoms with Crippen molar-refractivity contribution in [3.63, 3.8) is 0 Å². The van der Waals surface area contributed by atoms with Gasteiger partial charge in [-0.2, -0.15) is 0 Å². The number of hydrogen-bond donors (Lipinski definition) is 2. The number of hydrogen-bond acceptors (Lipinski definition) is 4. The van der Waals surface area contributed by atoms with Crippen molar-refractivity contribution < 1.29 is 4.79 Å². The van der Waals surface area contributed by atoms with Gasteiger partial charge in [-0.15, -0.1) is 0 Å². The molecule has 0 aromatic carbocycles. The molecule has 0 aliphatic carbocycles. The van der Waals surface area contributed by atoms with Crippen LogP contribution in [-0.4, -0.2) is 48.0 Å². The Morgan fingerprint density at radius 3 is 2.75 bits per heavy atom. The van der Waals surface area contributed by atoms with Crippen LogP contribution in [0, 0.1) is 0 Å². The van der Waals surface area contributed by atoms with Crippen LogP contribution >= 0.6 is 0 Å².